The number of hydrogen-bond acceptors (Lipinski definition) is 2. The fourth-order valence-electron chi connectivity index (χ4n) is 2.31. The van der Waals surface area contributed by atoms with Gasteiger partial charge in [0.1, 0.15) is 5.82 Å². The summed E-state index contributed by atoms with van der Waals surface area (Å²) in [5.74, 6) is -0.251. The van der Waals surface area contributed by atoms with Crippen molar-refractivity contribution in [2.75, 3.05) is 13.6 Å². The van der Waals surface area contributed by atoms with E-state index >= 15 is 0 Å². The highest BCUT2D eigenvalue weighted by Crippen LogP contribution is 2.27. The van der Waals surface area contributed by atoms with E-state index in [9.17, 15) is 9.18 Å². The molecule has 3 nitrogen and oxygen atoms in total. The number of halogens is 1. The standard InChI is InChI=1S/C15H23FN2O/c1-4-15(5-2,11-17)14(19)18(3)10-12-7-6-8-13(16)9-12/h6-9H,4-5,10-11,17H2,1-3H3. The summed E-state index contributed by atoms with van der Waals surface area (Å²) in [5.41, 5.74) is 6.07. The van der Waals surface area contributed by atoms with Crippen LogP contribution in [0.1, 0.15) is 32.3 Å². The van der Waals surface area contributed by atoms with Crippen LogP contribution in [0.25, 0.3) is 0 Å². The maximum atomic E-state index is 13.1. The Balaban J connectivity index is 2.82. The average Bonchev–Trinajstić information content (AvgIpc) is 2.41. The topological polar surface area (TPSA) is 46.3 Å². The first-order valence-electron chi connectivity index (χ1n) is 6.69. The molecule has 0 heterocycles. The van der Waals surface area contributed by atoms with Crippen LogP contribution in [0.5, 0.6) is 0 Å². The second-order valence-electron chi connectivity index (χ2n) is 4.98. The van der Waals surface area contributed by atoms with Crippen molar-refractivity contribution in [3.8, 4) is 0 Å². The second kappa shape index (κ2) is 6.66. The third-order valence-electron chi connectivity index (χ3n) is 3.85. The van der Waals surface area contributed by atoms with E-state index in [0.29, 0.717) is 25.9 Å². The lowest BCUT2D eigenvalue weighted by Crippen LogP contribution is -2.45. The molecule has 0 fully saturated rings. The summed E-state index contributed by atoms with van der Waals surface area (Å²) in [7, 11) is 1.74. The maximum Gasteiger partial charge on any atom is 0.230 e. The van der Waals surface area contributed by atoms with Crippen LogP contribution >= 0.6 is 0 Å². The minimum atomic E-state index is -0.498. The molecule has 106 valence electrons. The Hall–Kier alpha value is -1.42. The Labute approximate surface area is 114 Å². The maximum absolute atomic E-state index is 13.1. The number of hydrogen-bond donors (Lipinski definition) is 1. The summed E-state index contributed by atoms with van der Waals surface area (Å²) in [6.45, 7) is 4.69. The molecule has 4 heteroatoms. The zero-order valence-corrected chi connectivity index (χ0v) is 11.9. The van der Waals surface area contributed by atoms with Gasteiger partial charge in [0.15, 0.2) is 0 Å². The van der Waals surface area contributed by atoms with Crippen LogP contribution in [0.4, 0.5) is 4.39 Å². The molecule has 0 atom stereocenters. The summed E-state index contributed by atoms with van der Waals surface area (Å²) in [4.78, 5) is 14.1. The SMILES string of the molecule is CCC(CC)(CN)C(=O)N(C)Cc1cccc(F)c1. The molecule has 0 aromatic heterocycles. The van der Waals surface area contributed by atoms with E-state index in [0.717, 1.165) is 5.56 Å². The fourth-order valence-corrected chi connectivity index (χ4v) is 2.31. The molecule has 1 rings (SSSR count). The first kappa shape index (κ1) is 15.6. The minimum absolute atomic E-state index is 0.0317. The molecule has 19 heavy (non-hydrogen) atoms. The molecule has 1 amide bonds. The van der Waals surface area contributed by atoms with Gasteiger partial charge in [0.2, 0.25) is 5.91 Å². The minimum Gasteiger partial charge on any atom is -0.341 e. The van der Waals surface area contributed by atoms with Gasteiger partial charge in [-0.2, -0.15) is 0 Å². The first-order valence-corrected chi connectivity index (χ1v) is 6.69. The zero-order chi connectivity index (χ0) is 14.5. The molecule has 0 saturated heterocycles. The van der Waals surface area contributed by atoms with Crippen LogP contribution in [0.3, 0.4) is 0 Å². The lowest BCUT2D eigenvalue weighted by atomic mass is 9.81. The van der Waals surface area contributed by atoms with E-state index < -0.39 is 5.41 Å². The largest absolute Gasteiger partial charge is 0.341 e. The van der Waals surface area contributed by atoms with Crippen molar-refractivity contribution in [1.82, 2.24) is 4.90 Å². The average molecular weight is 266 g/mol. The monoisotopic (exact) mass is 266 g/mol. The predicted octanol–water partition coefficient (Wildman–Crippen LogP) is 2.55. The molecule has 0 radical (unpaired) electrons. The van der Waals surface area contributed by atoms with E-state index in [4.69, 9.17) is 5.73 Å². The van der Waals surface area contributed by atoms with E-state index in [2.05, 4.69) is 0 Å². The third kappa shape index (κ3) is 3.53. The molecule has 0 aliphatic rings. The molecule has 1 aromatic carbocycles. The van der Waals surface area contributed by atoms with Crippen LogP contribution in [0.2, 0.25) is 0 Å². The fraction of sp³-hybridized carbons (Fsp3) is 0.533. The Morgan fingerprint density at radius 2 is 2.00 bits per heavy atom. The number of amides is 1. The van der Waals surface area contributed by atoms with Gasteiger partial charge in [-0.15, -0.1) is 0 Å². The number of carbonyl (C=O) groups excluding carboxylic acids is 1. The van der Waals surface area contributed by atoms with Crippen LogP contribution in [-0.4, -0.2) is 24.4 Å². The summed E-state index contributed by atoms with van der Waals surface area (Å²) in [6, 6.07) is 6.31. The van der Waals surface area contributed by atoms with Gasteiger partial charge in [-0.3, -0.25) is 4.79 Å². The highest BCUT2D eigenvalue weighted by molar-refractivity contribution is 5.82. The van der Waals surface area contributed by atoms with Gasteiger partial charge in [0, 0.05) is 20.1 Å². The van der Waals surface area contributed by atoms with E-state index in [1.54, 1.807) is 18.0 Å². The molecule has 0 saturated carbocycles. The summed E-state index contributed by atoms with van der Waals surface area (Å²) >= 11 is 0. The van der Waals surface area contributed by atoms with E-state index in [1.165, 1.54) is 12.1 Å². The van der Waals surface area contributed by atoms with Gasteiger partial charge >= 0.3 is 0 Å². The molecule has 0 spiro atoms. The summed E-state index contributed by atoms with van der Waals surface area (Å²) < 4.78 is 13.1. The number of nitrogens with two attached hydrogens (primary N) is 1. The number of rotatable bonds is 6. The Morgan fingerprint density at radius 3 is 2.47 bits per heavy atom. The molecule has 1 aromatic rings. The lowest BCUT2D eigenvalue weighted by Gasteiger charge is -2.33. The normalized spacial score (nSPS) is 11.4. The van der Waals surface area contributed by atoms with Gasteiger partial charge in [-0.25, -0.2) is 4.39 Å². The first-order chi connectivity index (χ1) is 8.99. The van der Waals surface area contributed by atoms with Crippen molar-refractivity contribution in [3.63, 3.8) is 0 Å². The molecule has 2 N–H and O–H groups in total. The van der Waals surface area contributed by atoms with Crippen molar-refractivity contribution < 1.29 is 9.18 Å². The van der Waals surface area contributed by atoms with Gasteiger partial charge < -0.3 is 10.6 Å². The van der Waals surface area contributed by atoms with Gasteiger partial charge in [-0.05, 0) is 30.5 Å². The Bertz CT molecular complexity index is 422. The van der Waals surface area contributed by atoms with Crippen molar-refractivity contribution in [2.45, 2.75) is 33.2 Å². The zero-order valence-electron chi connectivity index (χ0n) is 11.9. The number of benzene rings is 1. The lowest BCUT2D eigenvalue weighted by molar-refractivity contribution is -0.141. The van der Waals surface area contributed by atoms with Crippen molar-refractivity contribution in [2.24, 2.45) is 11.1 Å². The summed E-state index contributed by atoms with van der Waals surface area (Å²) in [5, 5.41) is 0. The molecule has 0 unspecified atom stereocenters. The van der Waals surface area contributed by atoms with Crippen LogP contribution in [-0.2, 0) is 11.3 Å². The highest BCUT2D eigenvalue weighted by atomic mass is 19.1. The van der Waals surface area contributed by atoms with Crippen molar-refractivity contribution in [3.05, 3.63) is 35.6 Å². The van der Waals surface area contributed by atoms with Gasteiger partial charge in [0.25, 0.3) is 0 Å². The number of carbonyl (C=O) groups is 1. The highest BCUT2D eigenvalue weighted by Gasteiger charge is 2.35. The predicted molar refractivity (Wildman–Crippen MR) is 74.9 cm³/mol. The third-order valence-corrected chi connectivity index (χ3v) is 3.85. The van der Waals surface area contributed by atoms with Crippen LogP contribution in [0.15, 0.2) is 24.3 Å². The molecular formula is C15H23FN2O. The summed E-state index contributed by atoms with van der Waals surface area (Å²) in [6.07, 6.45) is 1.43. The van der Waals surface area contributed by atoms with Gasteiger partial charge in [-0.1, -0.05) is 26.0 Å². The molecule has 0 aliphatic carbocycles. The van der Waals surface area contributed by atoms with Crippen molar-refractivity contribution >= 4 is 5.91 Å². The van der Waals surface area contributed by atoms with Crippen LogP contribution < -0.4 is 5.73 Å². The number of nitrogens with zero attached hydrogens (tertiary/aromatic N) is 1. The quantitative estimate of drug-likeness (QED) is 0.860. The Kier molecular flexibility index (Phi) is 5.48. The Morgan fingerprint density at radius 1 is 1.37 bits per heavy atom. The van der Waals surface area contributed by atoms with Gasteiger partial charge in [0.05, 0.1) is 5.41 Å². The van der Waals surface area contributed by atoms with E-state index in [-0.39, 0.29) is 11.7 Å². The van der Waals surface area contributed by atoms with E-state index in [1.807, 2.05) is 19.9 Å². The molecule has 0 aliphatic heterocycles. The van der Waals surface area contributed by atoms with Crippen molar-refractivity contribution in [1.29, 1.82) is 0 Å². The van der Waals surface area contributed by atoms with Crippen LogP contribution in [0, 0.1) is 11.2 Å². The molecular weight excluding hydrogens is 243 g/mol. The molecule has 0 bridgehead atoms. The second-order valence-corrected chi connectivity index (χ2v) is 4.98. The smallest absolute Gasteiger partial charge is 0.230 e.